The van der Waals surface area contributed by atoms with E-state index < -0.39 is 0 Å². The Balaban J connectivity index is 1.53. The molecule has 25 heavy (non-hydrogen) atoms. The van der Waals surface area contributed by atoms with Crippen LogP contribution in [0.2, 0.25) is 15.1 Å². The minimum absolute atomic E-state index is 0.296. The highest BCUT2D eigenvalue weighted by atomic mass is 35.5. The zero-order chi connectivity index (χ0) is 17.4. The Morgan fingerprint density at radius 3 is 2.72 bits per heavy atom. The summed E-state index contributed by atoms with van der Waals surface area (Å²) in [4.78, 5) is 0. The lowest BCUT2D eigenvalue weighted by Gasteiger charge is -2.03. The Bertz CT molecular complexity index is 1060. The van der Waals surface area contributed by atoms with E-state index in [4.69, 9.17) is 39.2 Å². The van der Waals surface area contributed by atoms with Crippen LogP contribution in [-0.2, 0) is 6.54 Å². The maximum absolute atomic E-state index is 6.23. The third-order valence-corrected chi connectivity index (χ3v) is 4.64. The first-order valence-corrected chi connectivity index (χ1v) is 8.38. The predicted molar refractivity (Wildman–Crippen MR) is 98.2 cm³/mol. The molecule has 0 atom stereocenters. The Morgan fingerprint density at radius 2 is 1.88 bits per heavy atom. The van der Waals surface area contributed by atoms with Gasteiger partial charge in [-0.3, -0.25) is 5.10 Å². The standard InChI is InChI=1S/C16H10Cl3N5O/c17-11-2-1-8(3-12(11)18)6-20-16-24-23-15(25-16)9-4-10-7-21-22-14(10)13(19)5-9/h1-5,7H,6H2,(H,20,24)(H,21,22). The summed E-state index contributed by atoms with van der Waals surface area (Å²) < 4.78 is 5.64. The smallest absolute Gasteiger partial charge is 0.316 e. The molecule has 0 bridgehead atoms. The molecule has 9 heteroatoms. The molecule has 4 rings (SSSR count). The van der Waals surface area contributed by atoms with Gasteiger partial charge in [0.25, 0.3) is 0 Å². The van der Waals surface area contributed by atoms with Crippen LogP contribution in [0.25, 0.3) is 22.4 Å². The van der Waals surface area contributed by atoms with E-state index in [-0.39, 0.29) is 0 Å². The normalized spacial score (nSPS) is 11.2. The van der Waals surface area contributed by atoms with Gasteiger partial charge in [-0.05, 0) is 29.8 Å². The fourth-order valence-electron chi connectivity index (χ4n) is 2.38. The average molecular weight is 395 g/mol. The molecule has 2 aromatic heterocycles. The fraction of sp³-hybridized carbons (Fsp3) is 0.0625. The summed E-state index contributed by atoms with van der Waals surface area (Å²) in [5, 5.41) is 20.3. The van der Waals surface area contributed by atoms with Gasteiger partial charge in [0.2, 0.25) is 5.89 Å². The number of anilines is 1. The first-order valence-electron chi connectivity index (χ1n) is 7.24. The number of H-pyrrole nitrogens is 1. The van der Waals surface area contributed by atoms with Crippen LogP contribution in [0.15, 0.2) is 40.9 Å². The largest absolute Gasteiger partial charge is 0.403 e. The van der Waals surface area contributed by atoms with Crippen molar-refractivity contribution >= 4 is 51.7 Å². The average Bonchev–Trinajstić information content (AvgIpc) is 3.25. The molecule has 0 aliphatic heterocycles. The number of rotatable bonds is 4. The summed E-state index contributed by atoms with van der Waals surface area (Å²) in [6, 6.07) is 9.30. The number of halogens is 3. The van der Waals surface area contributed by atoms with Crippen molar-refractivity contribution in [3.8, 4) is 11.5 Å². The molecule has 6 nitrogen and oxygen atoms in total. The van der Waals surface area contributed by atoms with Gasteiger partial charge < -0.3 is 9.73 Å². The van der Waals surface area contributed by atoms with Crippen LogP contribution in [0.5, 0.6) is 0 Å². The van der Waals surface area contributed by atoms with Gasteiger partial charge >= 0.3 is 6.01 Å². The number of hydrogen-bond acceptors (Lipinski definition) is 5. The molecule has 2 heterocycles. The van der Waals surface area contributed by atoms with Crippen molar-refractivity contribution in [2.75, 3.05) is 5.32 Å². The monoisotopic (exact) mass is 393 g/mol. The van der Waals surface area contributed by atoms with E-state index in [9.17, 15) is 0 Å². The van der Waals surface area contributed by atoms with E-state index in [1.807, 2.05) is 12.1 Å². The van der Waals surface area contributed by atoms with Crippen LogP contribution in [0, 0.1) is 0 Å². The minimum atomic E-state index is 0.296. The predicted octanol–water partition coefficient (Wildman–Crippen LogP) is 5.19. The summed E-state index contributed by atoms with van der Waals surface area (Å²) in [6.45, 7) is 0.472. The second kappa shape index (κ2) is 6.55. The summed E-state index contributed by atoms with van der Waals surface area (Å²) in [6.07, 6.45) is 1.69. The van der Waals surface area contributed by atoms with Gasteiger partial charge in [0.15, 0.2) is 0 Å². The fourth-order valence-corrected chi connectivity index (χ4v) is 2.97. The zero-order valence-corrected chi connectivity index (χ0v) is 14.8. The van der Waals surface area contributed by atoms with Crippen LogP contribution >= 0.6 is 34.8 Å². The van der Waals surface area contributed by atoms with Crippen LogP contribution in [0.3, 0.4) is 0 Å². The maximum Gasteiger partial charge on any atom is 0.316 e. The molecule has 0 saturated carbocycles. The van der Waals surface area contributed by atoms with Crippen molar-refractivity contribution < 1.29 is 4.42 Å². The van der Waals surface area contributed by atoms with E-state index in [1.165, 1.54) is 0 Å². The molecule has 0 amide bonds. The summed E-state index contributed by atoms with van der Waals surface area (Å²) in [5.74, 6) is 0.363. The Morgan fingerprint density at radius 1 is 1.00 bits per heavy atom. The van der Waals surface area contributed by atoms with Crippen molar-refractivity contribution in [3.63, 3.8) is 0 Å². The SMILES string of the molecule is Clc1ccc(CNc2nnc(-c3cc(Cl)c4[nH]ncc4c3)o2)cc1Cl. The van der Waals surface area contributed by atoms with Crippen LogP contribution < -0.4 is 5.32 Å². The van der Waals surface area contributed by atoms with Crippen molar-refractivity contribution in [1.29, 1.82) is 0 Å². The third kappa shape index (κ3) is 3.28. The molecule has 0 unspecified atom stereocenters. The minimum Gasteiger partial charge on any atom is -0.403 e. The molecule has 0 saturated heterocycles. The number of fused-ring (bicyclic) bond motifs is 1. The highest BCUT2D eigenvalue weighted by Gasteiger charge is 2.12. The van der Waals surface area contributed by atoms with Crippen molar-refractivity contribution in [3.05, 3.63) is 57.2 Å². The van der Waals surface area contributed by atoms with Crippen molar-refractivity contribution in [1.82, 2.24) is 20.4 Å². The number of nitrogens with zero attached hydrogens (tertiary/aromatic N) is 3. The van der Waals surface area contributed by atoms with Gasteiger partial charge in [-0.15, -0.1) is 5.10 Å². The molecule has 0 fully saturated rings. The molecule has 4 aromatic rings. The van der Waals surface area contributed by atoms with Crippen LogP contribution in [0.4, 0.5) is 6.01 Å². The van der Waals surface area contributed by atoms with Gasteiger partial charge in [-0.2, -0.15) is 5.10 Å². The number of nitrogens with one attached hydrogen (secondary N) is 2. The molecule has 2 aromatic carbocycles. The third-order valence-electron chi connectivity index (χ3n) is 3.60. The summed E-state index contributed by atoms with van der Waals surface area (Å²) >= 11 is 18.1. The second-order valence-electron chi connectivity index (χ2n) is 5.31. The Hall–Kier alpha value is -2.28. The van der Waals surface area contributed by atoms with E-state index >= 15 is 0 Å². The Labute approximate surface area is 157 Å². The highest BCUT2D eigenvalue weighted by Crippen LogP contribution is 2.29. The molecular weight excluding hydrogens is 385 g/mol. The zero-order valence-electron chi connectivity index (χ0n) is 12.6. The molecule has 0 aliphatic carbocycles. The van der Waals surface area contributed by atoms with Crippen LogP contribution in [0.1, 0.15) is 5.56 Å². The lowest BCUT2D eigenvalue weighted by molar-refractivity contribution is 0.581. The number of aromatic nitrogens is 4. The molecule has 0 aliphatic rings. The van der Waals surface area contributed by atoms with Gasteiger partial charge in [-0.25, -0.2) is 0 Å². The molecule has 2 N–H and O–H groups in total. The number of hydrogen-bond donors (Lipinski definition) is 2. The number of aromatic amines is 1. The highest BCUT2D eigenvalue weighted by molar-refractivity contribution is 6.42. The van der Waals surface area contributed by atoms with Gasteiger partial charge in [0.1, 0.15) is 0 Å². The maximum atomic E-state index is 6.23. The topological polar surface area (TPSA) is 79.6 Å². The summed E-state index contributed by atoms with van der Waals surface area (Å²) in [7, 11) is 0. The molecular formula is C16H10Cl3N5O. The van der Waals surface area contributed by atoms with E-state index in [0.717, 1.165) is 16.5 Å². The second-order valence-corrected chi connectivity index (χ2v) is 6.53. The van der Waals surface area contributed by atoms with Gasteiger partial charge in [0.05, 0.1) is 26.8 Å². The first-order chi connectivity index (χ1) is 12.1. The van der Waals surface area contributed by atoms with E-state index in [2.05, 4.69) is 25.7 Å². The van der Waals surface area contributed by atoms with Crippen molar-refractivity contribution in [2.45, 2.75) is 6.54 Å². The molecule has 0 spiro atoms. The first kappa shape index (κ1) is 16.2. The molecule has 0 radical (unpaired) electrons. The lowest BCUT2D eigenvalue weighted by atomic mass is 10.1. The van der Waals surface area contributed by atoms with Gasteiger partial charge in [-0.1, -0.05) is 46.0 Å². The van der Waals surface area contributed by atoms with Gasteiger partial charge in [0, 0.05) is 17.5 Å². The summed E-state index contributed by atoms with van der Waals surface area (Å²) in [5.41, 5.74) is 2.42. The van der Waals surface area contributed by atoms with E-state index in [0.29, 0.717) is 39.1 Å². The lowest BCUT2D eigenvalue weighted by Crippen LogP contribution is -1.99. The Kier molecular flexibility index (Phi) is 4.25. The quantitative estimate of drug-likeness (QED) is 0.498. The van der Waals surface area contributed by atoms with E-state index in [1.54, 1.807) is 24.4 Å². The van der Waals surface area contributed by atoms with Crippen LogP contribution in [-0.4, -0.2) is 20.4 Å². The molecule has 126 valence electrons. The number of benzene rings is 2. The van der Waals surface area contributed by atoms with Crippen molar-refractivity contribution in [2.24, 2.45) is 0 Å².